The van der Waals surface area contributed by atoms with Crippen molar-refractivity contribution in [3.8, 4) is 11.6 Å². The average Bonchev–Trinajstić information content (AvgIpc) is 3.29. The summed E-state index contributed by atoms with van der Waals surface area (Å²) in [6, 6.07) is 16.7. The monoisotopic (exact) mass is 490 g/mol. The molecular weight excluding hydrogens is 456 g/mol. The molecule has 0 bridgehead atoms. The zero-order chi connectivity index (χ0) is 24.9. The maximum absolute atomic E-state index is 12.5. The lowest BCUT2D eigenvalue weighted by Gasteiger charge is -2.36. The Labute approximate surface area is 212 Å². The van der Waals surface area contributed by atoms with E-state index in [1.54, 1.807) is 18.7 Å². The van der Waals surface area contributed by atoms with E-state index in [2.05, 4.69) is 39.5 Å². The number of ether oxygens (including phenoxy) is 3. The van der Waals surface area contributed by atoms with Crippen molar-refractivity contribution in [3.05, 3.63) is 65.4 Å². The predicted octanol–water partition coefficient (Wildman–Crippen LogP) is 4.83. The molecule has 0 atom stereocenters. The summed E-state index contributed by atoms with van der Waals surface area (Å²) in [6.45, 7) is 4.77. The van der Waals surface area contributed by atoms with Gasteiger partial charge in [-0.3, -0.25) is 0 Å². The van der Waals surface area contributed by atoms with Crippen LogP contribution in [0, 0.1) is 0 Å². The Bertz CT molecular complexity index is 1150. The highest BCUT2D eigenvalue weighted by atomic mass is 16.5. The summed E-state index contributed by atoms with van der Waals surface area (Å²) in [4.78, 5) is 15.0. The molecule has 0 spiro atoms. The van der Waals surface area contributed by atoms with Crippen LogP contribution in [-0.2, 0) is 11.3 Å². The molecular formula is C28H34N4O4. The SMILES string of the molecule is CCOC(=O)c1nnn(Cc2ccc(OC)cc2)c1OC1CC(c2ccc(N3CCCCC3)cc2)C1. The minimum absolute atomic E-state index is 0.00179. The van der Waals surface area contributed by atoms with E-state index in [0.717, 1.165) is 37.2 Å². The van der Waals surface area contributed by atoms with Crippen LogP contribution in [0.1, 0.15) is 66.6 Å². The van der Waals surface area contributed by atoms with Gasteiger partial charge < -0.3 is 19.1 Å². The first kappa shape index (κ1) is 24.2. The van der Waals surface area contributed by atoms with Gasteiger partial charge in [-0.2, -0.15) is 0 Å². The molecule has 190 valence electrons. The number of anilines is 1. The van der Waals surface area contributed by atoms with Crippen LogP contribution in [0.15, 0.2) is 48.5 Å². The molecule has 1 aliphatic carbocycles. The lowest BCUT2D eigenvalue weighted by Crippen LogP contribution is -2.33. The predicted molar refractivity (Wildman–Crippen MR) is 137 cm³/mol. The van der Waals surface area contributed by atoms with Gasteiger partial charge >= 0.3 is 5.97 Å². The Balaban J connectivity index is 1.25. The van der Waals surface area contributed by atoms with E-state index in [1.807, 2.05) is 24.3 Å². The lowest BCUT2D eigenvalue weighted by molar-refractivity contribution is 0.0495. The molecule has 2 fully saturated rings. The van der Waals surface area contributed by atoms with E-state index in [1.165, 1.54) is 30.5 Å². The standard InChI is InChI=1S/C28H34N4O4/c1-3-35-28(33)26-27(32(30-29-26)19-20-7-13-24(34-2)14-8-20)36-25-17-22(18-25)21-9-11-23(12-10-21)31-15-5-4-6-16-31/h7-14,22,25H,3-6,15-19H2,1-2H3. The fourth-order valence-electron chi connectivity index (χ4n) is 4.96. The first-order valence-corrected chi connectivity index (χ1v) is 12.9. The van der Waals surface area contributed by atoms with Gasteiger partial charge in [-0.05, 0) is 80.3 Å². The highest BCUT2D eigenvalue weighted by Gasteiger charge is 2.35. The van der Waals surface area contributed by atoms with Gasteiger partial charge in [-0.15, -0.1) is 5.10 Å². The van der Waals surface area contributed by atoms with Crippen LogP contribution in [0.4, 0.5) is 5.69 Å². The lowest BCUT2D eigenvalue weighted by atomic mass is 9.77. The molecule has 2 aromatic carbocycles. The maximum atomic E-state index is 12.5. The molecule has 3 aromatic rings. The number of carbonyl (C=O) groups excluding carboxylic acids is 1. The number of hydrogen-bond acceptors (Lipinski definition) is 7. The van der Waals surface area contributed by atoms with Crippen LogP contribution in [0.2, 0.25) is 0 Å². The van der Waals surface area contributed by atoms with Crippen LogP contribution in [0.25, 0.3) is 0 Å². The second kappa shape index (κ2) is 11.0. The second-order valence-corrected chi connectivity index (χ2v) is 9.52. The zero-order valence-corrected chi connectivity index (χ0v) is 21.1. The number of hydrogen-bond donors (Lipinski definition) is 0. The molecule has 1 saturated heterocycles. The topological polar surface area (TPSA) is 78.7 Å². The summed E-state index contributed by atoms with van der Waals surface area (Å²) < 4.78 is 18.4. The summed E-state index contributed by atoms with van der Waals surface area (Å²) in [5.74, 6) is 1.08. The van der Waals surface area contributed by atoms with E-state index >= 15 is 0 Å². The van der Waals surface area contributed by atoms with Crippen molar-refractivity contribution in [3.63, 3.8) is 0 Å². The van der Waals surface area contributed by atoms with Gasteiger partial charge in [0.2, 0.25) is 11.6 Å². The number of rotatable bonds is 9. The smallest absolute Gasteiger partial charge is 0.364 e. The minimum atomic E-state index is -0.516. The summed E-state index contributed by atoms with van der Waals surface area (Å²) >= 11 is 0. The Kier molecular flexibility index (Phi) is 7.39. The maximum Gasteiger partial charge on any atom is 0.364 e. The number of carbonyl (C=O) groups is 1. The Hall–Kier alpha value is -3.55. The molecule has 2 aliphatic rings. The van der Waals surface area contributed by atoms with Gasteiger partial charge in [0.05, 0.1) is 20.3 Å². The Morgan fingerprint density at radius 2 is 1.72 bits per heavy atom. The highest BCUT2D eigenvalue weighted by Crippen LogP contribution is 2.40. The average molecular weight is 491 g/mol. The minimum Gasteiger partial charge on any atom is -0.497 e. The summed E-state index contributed by atoms with van der Waals surface area (Å²) in [6.07, 6.45) is 5.67. The van der Waals surface area contributed by atoms with Crippen LogP contribution >= 0.6 is 0 Å². The normalized spacial score (nSPS) is 19.4. The fraction of sp³-hybridized carbons (Fsp3) is 0.464. The van der Waals surface area contributed by atoms with Crippen molar-refractivity contribution in [1.29, 1.82) is 0 Å². The van der Waals surface area contributed by atoms with Gasteiger partial charge in [0, 0.05) is 18.8 Å². The third-order valence-corrected chi connectivity index (χ3v) is 7.11. The van der Waals surface area contributed by atoms with Crippen molar-refractivity contribution >= 4 is 11.7 Å². The first-order valence-electron chi connectivity index (χ1n) is 12.9. The first-order chi connectivity index (χ1) is 17.6. The second-order valence-electron chi connectivity index (χ2n) is 9.52. The molecule has 0 amide bonds. The fourth-order valence-corrected chi connectivity index (χ4v) is 4.96. The van der Waals surface area contributed by atoms with Crippen molar-refractivity contribution in [1.82, 2.24) is 15.0 Å². The third kappa shape index (κ3) is 5.32. The molecule has 0 radical (unpaired) electrons. The number of aromatic nitrogens is 3. The third-order valence-electron chi connectivity index (χ3n) is 7.11. The van der Waals surface area contributed by atoms with Gasteiger partial charge in [-0.1, -0.05) is 29.5 Å². The van der Waals surface area contributed by atoms with Crippen molar-refractivity contribution < 1.29 is 19.0 Å². The van der Waals surface area contributed by atoms with Crippen LogP contribution in [0.3, 0.4) is 0 Å². The van der Waals surface area contributed by atoms with E-state index in [9.17, 15) is 4.79 Å². The molecule has 1 saturated carbocycles. The van der Waals surface area contributed by atoms with Crippen molar-refractivity contribution in [2.75, 3.05) is 31.7 Å². The quantitative estimate of drug-likeness (QED) is 0.398. The van der Waals surface area contributed by atoms with Gasteiger partial charge in [0.15, 0.2) is 0 Å². The number of methoxy groups -OCH3 is 1. The number of benzene rings is 2. The van der Waals surface area contributed by atoms with Crippen molar-refractivity contribution in [2.45, 2.75) is 57.6 Å². The number of esters is 1. The summed E-state index contributed by atoms with van der Waals surface area (Å²) in [5.41, 5.74) is 3.78. The molecule has 1 aliphatic heterocycles. The zero-order valence-electron chi connectivity index (χ0n) is 21.1. The van der Waals surface area contributed by atoms with E-state index in [-0.39, 0.29) is 18.4 Å². The van der Waals surface area contributed by atoms with E-state index in [4.69, 9.17) is 14.2 Å². The van der Waals surface area contributed by atoms with Crippen LogP contribution in [0.5, 0.6) is 11.6 Å². The summed E-state index contributed by atoms with van der Waals surface area (Å²) in [7, 11) is 1.64. The number of nitrogens with zero attached hydrogens (tertiary/aromatic N) is 4. The molecule has 36 heavy (non-hydrogen) atoms. The highest BCUT2D eigenvalue weighted by molar-refractivity contribution is 5.89. The van der Waals surface area contributed by atoms with Crippen molar-refractivity contribution in [2.24, 2.45) is 0 Å². The van der Waals surface area contributed by atoms with E-state index < -0.39 is 5.97 Å². The molecule has 0 unspecified atom stereocenters. The largest absolute Gasteiger partial charge is 0.497 e. The molecule has 5 rings (SSSR count). The van der Waals surface area contributed by atoms with E-state index in [0.29, 0.717) is 18.3 Å². The summed E-state index contributed by atoms with van der Waals surface area (Å²) in [5, 5.41) is 8.30. The molecule has 1 aromatic heterocycles. The molecule has 8 nitrogen and oxygen atoms in total. The molecule has 2 heterocycles. The van der Waals surface area contributed by atoms with Crippen LogP contribution < -0.4 is 14.4 Å². The Morgan fingerprint density at radius 1 is 1.00 bits per heavy atom. The van der Waals surface area contributed by atoms with Gasteiger partial charge in [-0.25, -0.2) is 9.48 Å². The van der Waals surface area contributed by atoms with Crippen LogP contribution in [-0.4, -0.2) is 53.9 Å². The molecule has 8 heteroatoms. The van der Waals surface area contributed by atoms with Gasteiger partial charge in [0.25, 0.3) is 0 Å². The Morgan fingerprint density at radius 3 is 2.39 bits per heavy atom. The van der Waals surface area contributed by atoms with Gasteiger partial charge in [0.1, 0.15) is 11.9 Å². The molecule has 0 N–H and O–H groups in total. The number of piperidine rings is 1.